The average molecular weight is 239 g/mol. The zero-order valence-electron chi connectivity index (χ0n) is 10.6. The lowest BCUT2D eigenvalue weighted by atomic mass is 9.78. The summed E-state index contributed by atoms with van der Waals surface area (Å²) in [4.78, 5) is 3.80. The summed E-state index contributed by atoms with van der Waals surface area (Å²) in [5.41, 5.74) is -1.96. The molecule has 0 radical (unpaired) electrons. The van der Waals surface area contributed by atoms with Crippen molar-refractivity contribution in [1.29, 1.82) is 0 Å². The zero-order chi connectivity index (χ0) is 12.9. The molecular formula is C13H18FNO2. The number of aromatic nitrogens is 1. The molecule has 0 saturated carbocycles. The fourth-order valence-corrected chi connectivity index (χ4v) is 2.73. The number of halogens is 1. The summed E-state index contributed by atoms with van der Waals surface area (Å²) in [7, 11) is 0. The Hall–Kier alpha value is -1.00. The highest BCUT2D eigenvalue weighted by atomic mass is 19.1. The van der Waals surface area contributed by atoms with Gasteiger partial charge in [-0.2, -0.15) is 0 Å². The van der Waals surface area contributed by atoms with E-state index < -0.39 is 22.6 Å². The number of pyridine rings is 1. The van der Waals surface area contributed by atoms with Gasteiger partial charge in [-0.05, 0) is 33.8 Å². The first-order valence-electron chi connectivity index (χ1n) is 5.70. The van der Waals surface area contributed by atoms with E-state index in [1.54, 1.807) is 0 Å². The Labute approximate surface area is 101 Å². The molecular weight excluding hydrogens is 221 g/mol. The average Bonchev–Trinajstić information content (AvgIpc) is 2.31. The molecule has 1 N–H and O–H groups in total. The van der Waals surface area contributed by atoms with E-state index in [0.717, 1.165) is 6.20 Å². The van der Waals surface area contributed by atoms with Gasteiger partial charge in [0.2, 0.25) is 0 Å². The summed E-state index contributed by atoms with van der Waals surface area (Å²) in [6, 6.07) is 1.32. The van der Waals surface area contributed by atoms with Crippen molar-refractivity contribution in [2.75, 3.05) is 0 Å². The van der Waals surface area contributed by atoms with Crippen LogP contribution < -0.4 is 0 Å². The molecule has 1 atom stereocenters. The fraction of sp³-hybridized carbons (Fsp3) is 0.615. The van der Waals surface area contributed by atoms with E-state index >= 15 is 0 Å². The van der Waals surface area contributed by atoms with Crippen LogP contribution in [0.3, 0.4) is 0 Å². The van der Waals surface area contributed by atoms with Crippen LogP contribution in [0.2, 0.25) is 0 Å². The van der Waals surface area contributed by atoms with Crippen LogP contribution in [0.5, 0.6) is 0 Å². The lowest BCUT2D eigenvalue weighted by Gasteiger charge is -2.35. The van der Waals surface area contributed by atoms with Crippen LogP contribution >= 0.6 is 0 Å². The number of nitrogens with zero attached hydrogens (tertiary/aromatic N) is 1. The van der Waals surface area contributed by atoms with Gasteiger partial charge in [0.05, 0.1) is 17.4 Å². The van der Waals surface area contributed by atoms with Gasteiger partial charge in [0, 0.05) is 18.2 Å². The summed E-state index contributed by atoms with van der Waals surface area (Å²) < 4.78 is 19.1. The summed E-state index contributed by atoms with van der Waals surface area (Å²) in [6.07, 6.45) is 3.04. The van der Waals surface area contributed by atoms with Gasteiger partial charge in [0.15, 0.2) is 0 Å². The third-order valence-corrected chi connectivity index (χ3v) is 3.39. The molecule has 1 aliphatic rings. The molecule has 2 heterocycles. The van der Waals surface area contributed by atoms with Crippen LogP contribution in [-0.2, 0) is 10.3 Å². The second-order valence-corrected chi connectivity index (χ2v) is 5.80. The fourth-order valence-electron chi connectivity index (χ4n) is 2.73. The Balaban J connectivity index is 2.49. The molecule has 0 aliphatic carbocycles. The van der Waals surface area contributed by atoms with Crippen molar-refractivity contribution in [2.45, 2.75) is 50.9 Å². The Morgan fingerprint density at radius 1 is 1.29 bits per heavy atom. The molecule has 3 nitrogen and oxygen atoms in total. The van der Waals surface area contributed by atoms with Crippen molar-refractivity contribution in [2.24, 2.45) is 0 Å². The van der Waals surface area contributed by atoms with Gasteiger partial charge >= 0.3 is 0 Å². The number of hydrogen-bond donors (Lipinski definition) is 1. The molecule has 0 spiro atoms. The van der Waals surface area contributed by atoms with E-state index in [4.69, 9.17) is 4.74 Å². The van der Waals surface area contributed by atoms with Gasteiger partial charge < -0.3 is 9.84 Å². The maximum Gasteiger partial charge on any atom is 0.141 e. The first kappa shape index (κ1) is 12.5. The summed E-state index contributed by atoms with van der Waals surface area (Å²) >= 11 is 0. The minimum absolute atomic E-state index is 0.415. The highest BCUT2D eigenvalue weighted by Gasteiger charge is 2.57. The van der Waals surface area contributed by atoms with Crippen molar-refractivity contribution < 1.29 is 14.2 Å². The maximum atomic E-state index is 13.2. The number of rotatable bonds is 1. The summed E-state index contributed by atoms with van der Waals surface area (Å²) in [5, 5.41) is 10.8. The molecule has 1 aliphatic heterocycles. The van der Waals surface area contributed by atoms with Crippen molar-refractivity contribution in [1.82, 2.24) is 4.98 Å². The van der Waals surface area contributed by atoms with Crippen molar-refractivity contribution in [3.63, 3.8) is 0 Å². The van der Waals surface area contributed by atoms with Crippen molar-refractivity contribution in [3.05, 3.63) is 29.8 Å². The van der Waals surface area contributed by atoms with Crippen LogP contribution in [0.25, 0.3) is 0 Å². The smallest absolute Gasteiger partial charge is 0.141 e. The highest BCUT2D eigenvalue weighted by molar-refractivity contribution is 5.26. The Bertz CT molecular complexity index is 445. The molecule has 1 unspecified atom stereocenters. The molecule has 0 amide bonds. The summed E-state index contributed by atoms with van der Waals surface area (Å²) in [5.74, 6) is -0.448. The van der Waals surface area contributed by atoms with E-state index in [1.807, 2.05) is 27.7 Å². The second kappa shape index (κ2) is 3.50. The van der Waals surface area contributed by atoms with Gasteiger partial charge in [-0.3, -0.25) is 4.98 Å². The molecule has 94 valence electrons. The van der Waals surface area contributed by atoms with E-state index in [2.05, 4.69) is 4.98 Å². The lowest BCUT2D eigenvalue weighted by molar-refractivity contribution is -0.130. The number of ether oxygens (including phenoxy) is 1. The molecule has 0 bridgehead atoms. The first-order chi connectivity index (χ1) is 7.66. The predicted octanol–water partition coefficient (Wildman–Crippen LogP) is 2.39. The molecule has 17 heavy (non-hydrogen) atoms. The number of hydrogen-bond acceptors (Lipinski definition) is 3. The normalized spacial score (nSPS) is 30.5. The Morgan fingerprint density at radius 3 is 2.41 bits per heavy atom. The molecule has 1 fully saturated rings. The summed E-state index contributed by atoms with van der Waals surface area (Å²) in [6.45, 7) is 7.46. The standard InChI is InChI=1S/C13H18FNO2/c1-11(2)8-13(16,12(3,4)17-11)9-5-10(14)7-15-6-9/h5-7,16H,8H2,1-4H3. The van der Waals surface area contributed by atoms with Crippen molar-refractivity contribution in [3.8, 4) is 0 Å². The van der Waals surface area contributed by atoms with E-state index in [1.165, 1.54) is 12.3 Å². The minimum atomic E-state index is -1.22. The van der Waals surface area contributed by atoms with E-state index in [9.17, 15) is 9.50 Å². The Kier molecular flexibility index (Phi) is 2.56. The van der Waals surface area contributed by atoms with Crippen LogP contribution in [0.1, 0.15) is 39.7 Å². The first-order valence-corrected chi connectivity index (χ1v) is 5.70. The molecule has 1 aromatic heterocycles. The monoisotopic (exact) mass is 239 g/mol. The zero-order valence-corrected chi connectivity index (χ0v) is 10.6. The van der Waals surface area contributed by atoms with Crippen molar-refractivity contribution >= 4 is 0 Å². The molecule has 4 heteroatoms. The van der Waals surface area contributed by atoms with Gasteiger partial charge in [-0.15, -0.1) is 0 Å². The van der Waals surface area contributed by atoms with Crippen LogP contribution in [-0.4, -0.2) is 21.3 Å². The molecule has 0 aromatic carbocycles. The van der Waals surface area contributed by atoms with Gasteiger partial charge in [-0.25, -0.2) is 4.39 Å². The SMILES string of the molecule is CC1(C)CC(O)(c2cncc(F)c2)C(C)(C)O1. The van der Waals surface area contributed by atoms with Gasteiger partial charge in [0.25, 0.3) is 0 Å². The van der Waals surface area contributed by atoms with E-state index in [-0.39, 0.29) is 0 Å². The third kappa shape index (κ3) is 1.96. The topological polar surface area (TPSA) is 42.4 Å². The van der Waals surface area contributed by atoms with Gasteiger partial charge in [0.1, 0.15) is 11.4 Å². The highest BCUT2D eigenvalue weighted by Crippen LogP contribution is 2.50. The van der Waals surface area contributed by atoms with Crippen LogP contribution in [0, 0.1) is 5.82 Å². The lowest BCUT2D eigenvalue weighted by Crippen LogP contribution is -2.43. The predicted molar refractivity (Wildman–Crippen MR) is 62.0 cm³/mol. The minimum Gasteiger partial charge on any atom is -0.382 e. The Morgan fingerprint density at radius 2 is 1.94 bits per heavy atom. The quantitative estimate of drug-likeness (QED) is 0.818. The van der Waals surface area contributed by atoms with Crippen LogP contribution in [0.15, 0.2) is 18.5 Å². The number of aliphatic hydroxyl groups is 1. The van der Waals surface area contributed by atoms with Crippen LogP contribution in [0.4, 0.5) is 4.39 Å². The maximum absolute atomic E-state index is 13.2. The largest absolute Gasteiger partial charge is 0.382 e. The van der Waals surface area contributed by atoms with Gasteiger partial charge in [-0.1, -0.05) is 0 Å². The second-order valence-electron chi connectivity index (χ2n) is 5.80. The molecule has 1 saturated heterocycles. The molecule has 1 aromatic rings. The molecule has 2 rings (SSSR count). The van der Waals surface area contributed by atoms with E-state index in [0.29, 0.717) is 12.0 Å². The third-order valence-electron chi connectivity index (χ3n) is 3.39.